The minimum atomic E-state index is -4.70. The maximum Gasteiger partial charge on any atom is 0.416 e. The van der Waals surface area contributed by atoms with Crippen LogP contribution in [0, 0.1) is 10.1 Å². The van der Waals surface area contributed by atoms with E-state index >= 15 is 0 Å². The Morgan fingerprint density at radius 2 is 1.59 bits per heavy atom. The number of alkyl halides is 3. The lowest BCUT2D eigenvalue weighted by Crippen LogP contribution is -2.29. The number of carbonyl (C=O) groups excluding carboxylic acids is 2. The van der Waals surface area contributed by atoms with Crippen LogP contribution in [0.3, 0.4) is 0 Å². The van der Waals surface area contributed by atoms with Gasteiger partial charge in [0.2, 0.25) is 0 Å². The molecule has 34 heavy (non-hydrogen) atoms. The van der Waals surface area contributed by atoms with Crippen molar-refractivity contribution in [2.45, 2.75) is 12.2 Å². The van der Waals surface area contributed by atoms with E-state index in [0.29, 0.717) is 0 Å². The van der Waals surface area contributed by atoms with Crippen molar-refractivity contribution in [3.63, 3.8) is 0 Å². The van der Waals surface area contributed by atoms with Crippen LogP contribution < -0.4 is 4.90 Å². The molecule has 10 heteroatoms. The summed E-state index contributed by atoms with van der Waals surface area (Å²) in [6, 6.07) is 15.3. The van der Waals surface area contributed by atoms with Gasteiger partial charge in [-0.05, 0) is 35.9 Å². The Morgan fingerprint density at radius 1 is 0.941 bits per heavy atom. The van der Waals surface area contributed by atoms with Crippen LogP contribution in [0.1, 0.15) is 22.7 Å². The standard InChI is InChI=1S/C24H15F3N2O5/c25-24(26,27)16-7-4-8-18(13-16)28-20(14-9-11-17(12-10-14)29(33)34)19(22(31)23(28)32)21(30)15-5-2-1-3-6-15/h1-13,20,30H/b21-19+. The van der Waals surface area contributed by atoms with Gasteiger partial charge in [0.05, 0.1) is 22.1 Å². The molecule has 1 N–H and O–H groups in total. The highest BCUT2D eigenvalue weighted by atomic mass is 19.4. The zero-order valence-corrected chi connectivity index (χ0v) is 17.2. The SMILES string of the molecule is O=C1C(=O)N(c2cccc(C(F)(F)F)c2)C(c2ccc([N+](=O)[O-])cc2)/C1=C(\O)c1ccccc1. The topological polar surface area (TPSA) is 101 Å². The first-order chi connectivity index (χ1) is 16.1. The maximum atomic E-state index is 13.3. The normalized spacial score (nSPS) is 17.7. The molecular formula is C24H15F3N2O5. The lowest BCUT2D eigenvalue weighted by atomic mass is 9.95. The first-order valence-electron chi connectivity index (χ1n) is 9.87. The smallest absolute Gasteiger partial charge is 0.416 e. The number of halogens is 3. The number of hydrogen-bond donors (Lipinski definition) is 1. The van der Waals surface area contributed by atoms with E-state index in [1.54, 1.807) is 18.2 Å². The van der Waals surface area contributed by atoms with Gasteiger partial charge in [0.25, 0.3) is 17.4 Å². The van der Waals surface area contributed by atoms with E-state index in [1.807, 2.05) is 0 Å². The third-order valence-corrected chi connectivity index (χ3v) is 5.36. The quantitative estimate of drug-likeness (QED) is 0.186. The number of carbonyl (C=O) groups is 2. The molecular weight excluding hydrogens is 453 g/mol. The third-order valence-electron chi connectivity index (χ3n) is 5.36. The van der Waals surface area contributed by atoms with Crippen LogP contribution in [0.25, 0.3) is 5.76 Å². The third kappa shape index (κ3) is 4.01. The maximum absolute atomic E-state index is 13.3. The summed E-state index contributed by atoms with van der Waals surface area (Å²) in [5.74, 6) is -2.75. The molecule has 7 nitrogen and oxygen atoms in total. The molecule has 1 saturated heterocycles. The Balaban J connectivity index is 1.94. The van der Waals surface area contributed by atoms with Gasteiger partial charge in [0.15, 0.2) is 0 Å². The molecule has 3 aromatic carbocycles. The summed E-state index contributed by atoms with van der Waals surface area (Å²) in [6.07, 6.45) is -4.70. The summed E-state index contributed by atoms with van der Waals surface area (Å²) in [5.41, 5.74) is -1.44. The molecule has 3 aromatic rings. The Bertz CT molecular complexity index is 1320. The van der Waals surface area contributed by atoms with Crippen molar-refractivity contribution >= 4 is 28.8 Å². The molecule has 1 unspecified atom stereocenters. The van der Waals surface area contributed by atoms with Crippen molar-refractivity contribution in [3.8, 4) is 0 Å². The molecule has 0 radical (unpaired) electrons. The van der Waals surface area contributed by atoms with E-state index in [4.69, 9.17) is 0 Å². The van der Waals surface area contributed by atoms with Crippen molar-refractivity contribution in [1.82, 2.24) is 0 Å². The minimum Gasteiger partial charge on any atom is -0.507 e. The van der Waals surface area contributed by atoms with Crippen molar-refractivity contribution in [3.05, 3.63) is 111 Å². The van der Waals surface area contributed by atoms with E-state index in [1.165, 1.54) is 30.3 Å². The fourth-order valence-electron chi connectivity index (χ4n) is 3.78. The van der Waals surface area contributed by atoms with Gasteiger partial charge in [-0.1, -0.05) is 36.4 Å². The second-order valence-electron chi connectivity index (χ2n) is 7.43. The largest absolute Gasteiger partial charge is 0.507 e. The number of Topliss-reactive ketones (excluding diaryl/α,β-unsaturated/α-hetero) is 1. The number of nitrogens with zero attached hydrogens (tertiary/aromatic N) is 2. The van der Waals surface area contributed by atoms with E-state index in [-0.39, 0.29) is 28.1 Å². The van der Waals surface area contributed by atoms with Crippen molar-refractivity contribution in [2.24, 2.45) is 0 Å². The highest BCUT2D eigenvalue weighted by Crippen LogP contribution is 2.43. The molecule has 0 spiro atoms. The van der Waals surface area contributed by atoms with Crippen LogP contribution in [0.4, 0.5) is 24.5 Å². The van der Waals surface area contributed by atoms with Gasteiger partial charge in [-0.25, -0.2) is 0 Å². The zero-order valence-electron chi connectivity index (χ0n) is 17.2. The Morgan fingerprint density at radius 3 is 2.18 bits per heavy atom. The monoisotopic (exact) mass is 468 g/mol. The molecule has 0 aliphatic carbocycles. The first-order valence-corrected chi connectivity index (χ1v) is 9.87. The molecule has 1 atom stereocenters. The lowest BCUT2D eigenvalue weighted by molar-refractivity contribution is -0.384. The molecule has 1 fully saturated rings. The summed E-state index contributed by atoms with van der Waals surface area (Å²) < 4.78 is 39.9. The Labute approximate surface area is 190 Å². The van der Waals surface area contributed by atoms with E-state index < -0.39 is 40.2 Å². The highest BCUT2D eigenvalue weighted by molar-refractivity contribution is 6.51. The van der Waals surface area contributed by atoms with E-state index in [9.17, 15) is 38.0 Å². The van der Waals surface area contributed by atoms with Crippen LogP contribution in [0.2, 0.25) is 0 Å². The Hall–Kier alpha value is -4.47. The highest BCUT2D eigenvalue weighted by Gasteiger charge is 2.47. The van der Waals surface area contributed by atoms with Crippen LogP contribution in [0.15, 0.2) is 84.4 Å². The van der Waals surface area contributed by atoms with E-state index in [0.717, 1.165) is 35.2 Å². The van der Waals surface area contributed by atoms with Gasteiger partial charge >= 0.3 is 6.18 Å². The second-order valence-corrected chi connectivity index (χ2v) is 7.43. The molecule has 1 heterocycles. The molecule has 1 amide bonds. The summed E-state index contributed by atoms with van der Waals surface area (Å²) in [7, 11) is 0. The summed E-state index contributed by atoms with van der Waals surface area (Å²) in [5, 5.41) is 22.0. The van der Waals surface area contributed by atoms with Gasteiger partial charge < -0.3 is 5.11 Å². The number of non-ortho nitro benzene ring substituents is 1. The number of nitro benzene ring substituents is 1. The predicted octanol–water partition coefficient (Wildman–Crippen LogP) is 5.24. The number of benzene rings is 3. The number of nitro groups is 1. The van der Waals surface area contributed by atoms with Crippen LogP contribution >= 0.6 is 0 Å². The van der Waals surface area contributed by atoms with Gasteiger partial charge in [-0.2, -0.15) is 13.2 Å². The number of aliphatic hydroxyl groups is 1. The predicted molar refractivity (Wildman–Crippen MR) is 116 cm³/mol. The number of aliphatic hydroxyl groups excluding tert-OH is 1. The average molecular weight is 468 g/mol. The molecule has 1 aliphatic rings. The molecule has 4 rings (SSSR count). The van der Waals surface area contributed by atoms with E-state index in [2.05, 4.69) is 0 Å². The fourth-order valence-corrected chi connectivity index (χ4v) is 3.78. The second kappa shape index (κ2) is 8.47. The van der Waals surface area contributed by atoms with Crippen LogP contribution in [0.5, 0.6) is 0 Å². The van der Waals surface area contributed by atoms with Gasteiger partial charge in [0, 0.05) is 23.4 Å². The molecule has 0 aromatic heterocycles. The van der Waals surface area contributed by atoms with Crippen LogP contribution in [-0.2, 0) is 15.8 Å². The van der Waals surface area contributed by atoms with Crippen LogP contribution in [-0.4, -0.2) is 21.7 Å². The summed E-state index contributed by atoms with van der Waals surface area (Å²) >= 11 is 0. The number of amides is 1. The van der Waals surface area contributed by atoms with Gasteiger partial charge in [-0.3, -0.25) is 24.6 Å². The first kappa shape index (κ1) is 22.7. The lowest BCUT2D eigenvalue weighted by Gasteiger charge is -2.26. The van der Waals surface area contributed by atoms with Crippen molar-refractivity contribution < 1.29 is 32.8 Å². The average Bonchev–Trinajstić information content (AvgIpc) is 3.09. The molecule has 1 aliphatic heterocycles. The van der Waals surface area contributed by atoms with Gasteiger partial charge in [-0.15, -0.1) is 0 Å². The number of rotatable bonds is 4. The fraction of sp³-hybridized carbons (Fsp3) is 0.0833. The van der Waals surface area contributed by atoms with Crippen molar-refractivity contribution in [2.75, 3.05) is 4.90 Å². The Kier molecular flexibility index (Phi) is 5.66. The number of hydrogen-bond acceptors (Lipinski definition) is 5. The summed E-state index contributed by atoms with van der Waals surface area (Å²) in [6.45, 7) is 0. The molecule has 0 bridgehead atoms. The molecule has 0 saturated carbocycles. The molecule has 172 valence electrons. The van der Waals surface area contributed by atoms with Crippen molar-refractivity contribution in [1.29, 1.82) is 0 Å². The van der Waals surface area contributed by atoms with Gasteiger partial charge in [0.1, 0.15) is 5.76 Å². The summed E-state index contributed by atoms with van der Waals surface area (Å²) in [4.78, 5) is 37.3. The minimum absolute atomic E-state index is 0.194. The number of anilines is 1. The zero-order chi connectivity index (χ0) is 24.6. The number of ketones is 1.